The second-order valence-corrected chi connectivity index (χ2v) is 10.4. The minimum atomic E-state index is -4.57. The first-order valence-corrected chi connectivity index (χ1v) is 13.2. The van der Waals surface area contributed by atoms with Gasteiger partial charge in [0, 0.05) is 6.21 Å². The molecule has 0 heterocycles. The van der Waals surface area contributed by atoms with Crippen LogP contribution < -0.4 is 0 Å². The summed E-state index contributed by atoms with van der Waals surface area (Å²) in [4.78, 5) is -0.446. The van der Waals surface area contributed by atoms with E-state index in [0.29, 0.717) is 6.21 Å². The smallest absolute Gasteiger partial charge is 0.298 e. The maximum Gasteiger partial charge on any atom is 0.298 e. The molecule has 0 saturated carbocycles. The van der Waals surface area contributed by atoms with Gasteiger partial charge in [-0.3, -0.25) is 4.18 Å². The van der Waals surface area contributed by atoms with E-state index in [2.05, 4.69) is 0 Å². The molecule has 0 aliphatic rings. The summed E-state index contributed by atoms with van der Waals surface area (Å²) in [6, 6.07) is 20.3. The minimum absolute atomic E-state index is 0.0497. The molecule has 0 bridgehead atoms. The quantitative estimate of drug-likeness (QED) is 0.143. The van der Waals surface area contributed by atoms with Crippen molar-refractivity contribution in [3.63, 3.8) is 0 Å². The summed E-state index contributed by atoms with van der Waals surface area (Å²) in [7, 11) is -4.57. The Morgan fingerprint density at radius 1 is 0.861 bits per heavy atom. The highest BCUT2D eigenvalue weighted by atomic mass is 35.5. The normalized spacial score (nSPS) is 14.2. The zero-order valence-corrected chi connectivity index (χ0v) is 21.9. The van der Waals surface area contributed by atoms with Crippen molar-refractivity contribution in [1.82, 2.24) is 0 Å². The highest BCUT2D eigenvalue weighted by Crippen LogP contribution is 2.33. The number of hydrogen-bond acceptors (Lipinski definition) is 6. The molecule has 3 rings (SSSR count). The van der Waals surface area contributed by atoms with E-state index in [4.69, 9.17) is 53.9 Å². The molecule has 6 nitrogen and oxygen atoms in total. The Bertz CT molecular complexity index is 1250. The molecule has 0 unspecified atom stereocenters. The van der Waals surface area contributed by atoms with E-state index in [1.807, 2.05) is 36.4 Å². The fourth-order valence-corrected chi connectivity index (χ4v) is 5.27. The minimum Gasteiger partial charge on any atom is -0.374 e. The Morgan fingerprint density at radius 3 is 2.00 bits per heavy atom. The maximum absolute atomic E-state index is 14.9. The molecule has 0 aliphatic carbocycles. The second-order valence-electron chi connectivity index (χ2n) is 7.66. The number of alkyl halides is 1. The molecule has 0 spiro atoms. The van der Waals surface area contributed by atoms with Gasteiger partial charge < -0.3 is 14.9 Å². The van der Waals surface area contributed by atoms with Crippen LogP contribution in [0.3, 0.4) is 0 Å². The van der Waals surface area contributed by atoms with E-state index in [0.717, 1.165) is 17.2 Å². The first-order chi connectivity index (χ1) is 17.2. The standard InChI is InChI=1S/C25H23Cl3FNO5S/c26-19-11-21(28)24(12-20(19)27)36(31,32)35-23(16-33-14-17-7-3-1-4-8-17)25(22(29)13-30)34-15-18-9-5-2-6-10-18/h1-13,22-23,25,30H,14-16H2/t22-,23-,25+/m1/s1. The van der Waals surface area contributed by atoms with Crippen LogP contribution in [0.1, 0.15) is 11.1 Å². The molecule has 0 saturated heterocycles. The summed E-state index contributed by atoms with van der Waals surface area (Å²) < 4.78 is 58.0. The van der Waals surface area contributed by atoms with Gasteiger partial charge in [0.15, 0.2) is 6.17 Å². The Kier molecular flexibility index (Phi) is 10.7. The third-order valence-corrected chi connectivity index (χ3v) is 7.54. The highest BCUT2D eigenvalue weighted by Gasteiger charge is 2.36. The van der Waals surface area contributed by atoms with Gasteiger partial charge in [-0.2, -0.15) is 8.42 Å². The van der Waals surface area contributed by atoms with Gasteiger partial charge in [0.05, 0.1) is 34.9 Å². The average Bonchev–Trinajstić information content (AvgIpc) is 2.87. The first-order valence-electron chi connectivity index (χ1n) is 10.7. The highest BCUT2D eigenvalue weighted by molar-refractivity contribution is 7.87. The number of halogens is 4. The van der Waals surface area contributed by atoms with Crippen molar-refractivity contribution in [2.45, 2.75) is 36.5 Å². The first kappa shape index (κ1) is 28.5. The van der Waals surface area contributed by atoms with E-state index in [1.54, 1.807) is 24.3 Å². The van der Waals surface area contributed by atoms with Gasteiger partial charge in [-0.05, 0) is 23.3 Å². The SMILES string of the molecule is N=C[C@@H](F)[C@H](OCc1ccccc1)[C@@H](COCc1ccccc1)OS(=O)(=O)c1cc(Cl)c(Cl)cc1Cl. The Labute approximate surface area is 224 Å². The molecular formula is C25H23Cl3FNO5S. The molecule has 192 valence electrons. The Morgan fingerprint density at radius 2 is 1.42 bits per heavy atom. The maximum atomic E-state index is 14.9. The van der Waals surface area contributed by atoms with Crippen molar-refractivity contribution in [2.75, 3.05) is 6.61 Å². The van der Waals surface area contributed by atoms with Gasteiger partial charge in [-0.1, -0.05) is 95.5 Å². The van der Waals surface area contributed by atoms with Crippen LogP contribution in [-0.4, -0.2) is 39.6 Å². The molecule has 3 aromatic rings. The number of hydrogen-bond donors (Lipinski definition) is 1. The van der Waals surface area contributed by atoms with Crippen molar-refractivity contribution in [3.8, 4) is 0 Å². The fraction of sp³-hybridized carbons (Fsp3) is 0.240. The van der Waals surface area contributed by atoms with Crippen LogP contribution in [0.25, 0.3) is 0 Å². The zero-order chi connectivity index (χ0) is 26.1. The van der Waals surface area contributed by atoms with Gasteiger partial charge in [0.25, 0.3) is 10.1 Å². The van der Waals surface area contributed by atoms with Crippen LogP contribution in [0.15, 0.2) is 77.7 Å². The van der Waals surface area contributed by atoms with E-state index in [1.165, 1.54) is 6.07 Å². The average molecular weight is 575 g/mol. The van der Waals surface area contributed by atoms with E-state index >= 15 is 0 Å². The van der Waals surface area contributed by atoms with Crippen LogP contribution >= 0.6 is 34.8 Å². The third kappa shape index (κ3) is 7.98. The topological polar surface area (TPSA) is 85.7 Å². The van der Waals surface area contributed by atoms with Crippen LogP contribution in [0.5, 0.6) is 0 Å². The lowest BCUT2D eigenvalue weighted by Gasteiger charge is -2.28. The predicted molar refractivity (Wildman–Crippen MR) is 138 cm³/mol. The largest absolute Gasteiger partial charge is 0.374 e. The van der Waals surface area contributed by atoms with Gasteiger partial charge in [0.1, 0.15) is 17.1 Å². The van der Waals surface area contributed by atoms with Crippen molar-refractivity contribution >= 4 is 51.1 Å². The number of benzene rings is 3. The summed E-state index contributed by atoms with van der Waals surface area (Å²) in [6.07, 6.45) is -4.43. The fourth-order valence-electron chi connectivity index (χ4n) is 3.22. The Hall–Kier alpha value is -2.04. The van der Waals surface area contributed by atoms with E-state index < -0.39 is 33.4 Å². The van der Waals surface area contributed by atoms with Crippen LogP contribution in [0.4, 0.5) is 4.39 Å². The lowest BCUT2D eigenvalue weighted by molar-refractivity contribution is -0.0852. The molecule has 3 atom stereocenters. The van der Waals surface area contributed by atoms with Crippen LogP contribution in [0, 0.1) is 5.41 Å². The predicted octanol–water partition coefficient (Wildman–Crippen LogP) is 6.51. The van der Waals surface area contributed by atoms with Gasteiger partial charge >= 0.3 is 0 Å². The van der Waals surface area contributed by atoms with Crippen molar-refractivity contribution < 1.29 is 26.5 Å². The molecule has 3 aromatic carbocycles. The molecule has 0 aromatic heterocycles. The van der Waals surface area contributed by atoms with Crippen molar-refractivity contribution in [3.05, 3.63) is 99.0 Å². The molecular weight excluding hydrogens is 552 g/mol. The molecule has 0 fully saturated rings. The van der Waals surface area contributed by atoms with Crippen LogP contribution in [0.2, 0.25) is 15.1 Å². The van der Waals surface area contributed by atoms with Crippen molar-refractivity contribution in [2.24, 2.45) is 0 Å². The van der Waals surface area contributed by atoms with Gasteiger partial charge in [-0.25, -0.2) is 4.39 Å². The van der Waals surface area contributed by atoms with E-state index in [9.17, 15) is 12.8 Å². The summed E-state index contributed by atoms with van der Waals surface area (Å²) in [5.41, 5.74) is 1.54. The summed E-state index contributed by atoms with van der Waals surface area (Å²) in [5, 5.41) is 7.21. The molecule has 36 heavy (non-hydrogen) atoms. The van der Waals surface area contributed by atoms with E-state index in [-0.39, 0.29) is 34.9 Å². The lowest BCUT2D eigenvalue weighted by atomic mass is 10.1. The zero-order valence-electron chi connectivity index (χ0n) is 18.8. The van der Waals surface area contributed by atoms with Gasteiger partial charge in [-0.15, -0.1) is 0 Å². The van der Waals surface area contributed by atoms with Gasteiger partial charge in [0.2, 0.25) is 0 Å². The van der Waals surface area contributed by atoms with Crippen molar-refractivity contribution in [1.29, 1.82) is 5.41 Å². The molecule has 0 radical (unpaired) electrons. The number of ether oxygens (including phenoxy) is 2. The molecule has 1 N–H and O–H groups in total. The number of nitrogens with one attached hydrogen (secondary N) is 1. The summed E-state index contributed by atoms with van der Waals surface area (Å²) in [6.45, 7) is -0.298. The third-order valence-electron chi connectivity index (χ3n) is 5.01. The summed E-state index contributed by atoms with van der Waals surface area (Å²) in [5.74, 6) is 0. The Balaban J connectivity index is 1.88. The summed E-state index contributed by atoms with van der Waals surface area (Å²) >= 11 is 18.0. The molecule has 0 amide bonds. The number of rotatable bonds is 13. The monoisotopic (exact) mass is 573 g/mol. The van der Waals surface area contributed by atoms with Crippen LogP contribution in [-0.2, 0) is 37.0 Å². The molecule has 0 aliphatic heterocycles. The second kappa shape index (κ2) is 13.5. The lowest BCUT2D eigenvalue weighted by Crippen LogP contribution is -2.44. The molecule has 11 heteroatoms.